The number of carbonyl (C=O) groups is 2. The van der Waals surface area contributed by atoms with Gasteiger partial charge in [-0.2, -0.15) is 0 Å². The summed E-state index contributed by atoms with van der Waals surface area (Å²) in [6, 6.07) is 15.4. The molecule has 0 unspecified atom stereocenters. The molecule has 0 saturated carbocycles. The molecule has 2 aromatic rings. The Morgan fingerprint density at radius 1 is 0.952 bits per heavy atom. The van der Waals surface area contributed by atoms with Crippen molar-refractivity contribution in [3.8, 4) is 0 Å². The molecule has 0 aliphatic rings. The third-order valence-corrected chi connectivity index (χ3v) is 2.99. The molecule has 0 saturated heterocycles. The number of amides is 2. The first-order valence-corrected chi connectivity index (χ1v) is 6.40. The fraction of sp³-hybridized carbons (Fsp3) is 0.125. The molecule has 0 aromatic heterocycles. The lowest BCUT2D eigenvalue weighted by Crippen LogP contribution is -2.30. The Morgan fingerprint density at radius 2 is 1.52 bits per heavy atom. The Bertz CT molecular complexity index is 624. The first-order chi connectivity index (χ1) is 10.1. The molecule has 0 fully saturated rings. The van der Waals surface area contributed by atoms with Crippen LogP contribution in [0.2, 0.25) is 0 Å². The Labute approximate surface area is 123 Å². The van der Waals surface area contributed by atoms with Crippen LogP contribution in [0.3, 0.4) is 0 Å². The van der Waals surface area contributed by atoms with Gasteiger partial charge in [-0.1, -0.05) is 30.3 Å². The maximum Gasteiger partial charge on any atom is 0.345 e. The number of benzene rings is 2. The SMILES string of the molecule is CON(C)C(=O)Nc1ccc(C(=O)c2ccccc2)cc1. The predicted octanol–water partition coefficient (Wildman–Crippen LogP) is 2.94. The fourth-order valence-electron chi connectivity index (χ4n) is 1.75. The van der Waals surface area contributed by atoms with E-state index in [4.69, 9.17) is 4.84 Å². The van der Waals surface area contributed by atoms with E-state index in [2.05, 4.69) is 5.32 Å². The van der Waals surface area contributed by atoms with Gasteiger partial charge in [-0.05, 0) is 24.3 Å². The van der Waals surface area contributed by atoms with Gasteiger partial charge in [0.1, 0.15) is 0 Å². The summed E-state index contributed by atoms with van der Waals surface area (Å²) in [5.74, 6) is -0.0533. The summed E-state index contributed by atoms with van der Waals surface area (Å²) in [6.07, 6.45) is 0. The molecular weight excluding hydrogens is 268 g/mol. The maximum atomic E-state index is 12.2. The normalized spacial score (nSPS) is 10.0. The average molecular weight is 284 g/mol. The van der Waals surface area contributed by atoms with Crippen molar-refractivity contribution < 1.29 is 14.4 Å². The van der Waals surface area contributed by atoms with Crippen LogP contribution in [0.5, 0.6) is 0 Å². The molecule has 0 aliphatic carbocycles. The lowest BCUT2D eigenvalue weighted by molar-refractivity contribution is -0.0598. The number of carbonyl (C=O) groups excluding carboxylic acids is 2. The zero-order valence-corrected chi connectivity index (χ0v) is 11.9. The van der Waals surface area contributed by atoms with E-state index >= 15 is 0 Å². The largest absolute Gasteiger partial charge is 0.345 e. The van der Waals surface area contributed by atoms with Crippen LogP contribution < -0.4 is 5.32 Å². The minimum absolute atomic E-state index is 0.0533. The van der Waals surface area contributed by atoms with Crippen molar-refractivity contribution in [2.75, 3.05) is 19.5 Å². The van der Waals surface area contributed by atoms with Crippen molar-refractivity contribution in [2.24, 2.45) is 0 Å². The van der Waals surface area contributed by atoms with Gasteiger partial charge in [-0.25, -0.2) is 9.86 Å². The van der Waals surface area contributed by atoms with Gasteiger partial charge < -0.3 is 5.32 Å². The zero-order valence-electron chi connectivity index (χ0n) is 11.9. The number of hydrogen-bond acceptors (Lipinski definition) is 3. The van der Waals surface area contributed by atoms with E-state index in [1.54, 1.807) is 36.4 Å². The minimum Gasteiger partial charge on any atom is -0.306 e. The molecule has 2 rings (SSSR count). The summed E-state index contributed by atoms with van der Waals surface area (Å²) < 4.78 is 0. The van der Waals surface area contributed by atoms with Gasteiger partial charge in [0.2, 0.25) is 0 Å². The molecule has 0 bridgehead atoms. The Hall–Kier alpha value is -2.66. The van der Waals surface area contributed by atoms with Crippen molar-refractivity contribution in [2.45, 2.75) is 0 Å². The molecule has 108 valence electrons. The number of ketones is 1. The Kier molecular flexibility index (Phi) is 4.68. The summed E-state index contributed by atoms with van der Waals surface area (Å²) in [4.78, 5) is 28.6. The van der Waals surface area contributed by atoms with Crippen molar-refractivity contribution in [3.63, 3.8) is 0 Å². The molecule has 2 amide bonds. The smallest absolute Gasteiger partial charge is 0.306 e. The molecule has 0 heterocycles. The quantitative estimate of drug-likeness (QED) is 0.693. The lowest BCUT2D eigenvalue weighted by Gasteiger charge is -2.14. The predicted molar refractivity (Wildman–Crippen MR) is 80.1 cm³/mol. The van der Waals surface area contributed by atoms with E-state index in [1.165, 1.54) is 14.2 Å². The second kappa shape index (κ2) is 6.67. The maximum absolute atomic E-state index is 12.2. The first-order valence-electron chi connectivity index (χ1n) is 6.40. The Balaban J connectivity index is 2.09. The number of rotatable bonds is 4. The van der Waals surface area contributed by atoms with E-state index in [0.29, 0.717) is 16.8 Å². The molecule has 0 atom stereocenters. The van der Waals surface area contributed by atoms with E-state index in [-0.39, 0.29) is 11.8 Å². The number of anilines is 1. The number of nitrogens with one attached hydrogen (secondary N) is 1. The van der Waals surface area contributed by atoms with Crippen LogP contribution >= 0.6 is 0 Å². The van der Waals surface area contributed by atoms with Crippen LogP contribution in [0, 0.1) is 0 Å². The molecule has 5 heteroatoms. The van der Waals surface area contributed by atoms with E-state index in [1.807, 2.05) is 18.2 Å². The zero-order chi connectivity index (χ0) is 15.2. The number of hydrogen-bond donors (Lipinski definition) is 1. The van der Waals surface area contributed by atoms with Crippen LogP contribution in [0.1, 0.15) is 15.9 Å². The number of urea groups is 1. The van der Waals surface area contributed by atoms with Gasteiger partial charge in [-0.15, -0.1) is 0 Å². The molecule has 2 aromatic carbocycles. The van der Waals surface area contributed by atoms with Crippen molar-refractivity contribution >= 4 is 17.5 Å². The van der Waals surface area contributed by atoms with Gasteiger partial charge in [0.05, 0.1) is 7.11 Å². The van der Waals surface area contributed by atoms with Gasteiger partial charge in [0, 0.05) is 23.9 Å². The van der Waals surface area contributed by atoms with E-state index in [0.717, 1.165) is 5.06 Å². The summed E-state index contributed by atoms with van der Waals surface area (Å²) in [7, 11) is 2.91. The molecule has 21 heavy (non-hydrogen) atoms. The highest BCUT2D eigenvalue weighted by Gasteiger charge is 2.10. The highest BCUT2D eigenvalue weighted by molar-refractivity contribution is 6.09. The van der Waals surface area contributed by atoms with Crippen LogP contribution in [0.25, 0.3) is 0 Å². The standard InChI is InChI=1S/C16H16N2O3/c1-18(21-2)16(20)17-14-10-8-13(9-11-14)15(19)12-6-4-3-5-7-12/h3-11H,1-2H3,(H,17,20). The van der Waals surface area contributed by atoms with Crippen molar-refractivity contribution in [1.82, 2.24) is 5.06 Å². The molecule has 5 nitrogen and oxygen atoms in total. The third kappa shape index (κ3) is 3.67. The van der Waals surface area contributed by atoms with Crippen LogP contribution in [0.4, 0.5) is 10.5 Å². The topological polar surface area (TPSA) is 58.6 Å². The first kappa shape index (κ1) is 14.7. The van der Waals surface area contributed by atoms with Crippen molar-refractivity contribution in [3.05, 3.63) is 65.7 Å². The van der Waals surface area contributed by atoms with E-state index < -0.39 is 0 Å². The number of hydroxylamine groups is 2. The summed E-state index contributed by atoms with van der Waals surface area (Å²) in [5.41, 5.74) is 1.79. The van der Waals surface area contributed by atoms with Gasteiger partial charge in [0.25, 0.3) is 0 Å². The Morgan fingerprint density at radius 3 is 2.10 bits per heavy atom. The highest BCUT2D eigenvalue weighted by Crippen LogP contribution is 2.14. The molecule has 0 aliphatic heterocycles. The van der Waals surface area contributed by atoms with Crippen LogP contribution in [-0.4, -0.2) is 31.0 Å². The third-order valence-electron chi connectivity index (χ3n) is 2.99. The molecule has 0 radical (unpaired) electrons. The van der Waals surface area contributed by atoms with Gasteiger partial charge >= 0.3 is 6.03 Å². The fourth-order valence-corrected chi connectivity index (χ4v) is 1.75. The van der Waals surface area contributed by atoms with Gasteiger partial charge in [0.15, 0.2) is 5.78 Å². The summed E-state index contributed by atoms with van der Waals surface area (Å²) in [5, 5.41) is 3.72. The molecule has 0 spiro atoms. The second-order valence-corrected chi connectivity index (χ2v) is 4.38. The average Bonchev–Trinajstić information content (AvgIpc) is 2.55. The monoisotopic (exact) mass is 284 g/mol. The molecule has 1 N–H and O–H groups in total. The summed E-state index contributed by atoms with van der Waals surface area (Å²) in [6.45, 7) is 0. The lowest BCUT2D eigenvalue weighted by atomic mass is 10.0. The van der Waals surface area contributed by atoms with E-state index in [9.17, 15) is 9.59 Å². The van der Waals surface area contributed by atoms with Crippen LogP contribution in [0.15, 0.2) is 54.6 Å². The molecular formula is C16H16N2O3. The second-order valence-electron chi connectivity index (χ2n) is 4.38. The highest BCUT2D eigenvalue weighted by atomic mass is 16.7. The summed E-state index contributed by atoms with van der Waals surface area (Å²) >= 11 is 0. The van der Waals surface area contributed by atoms with Crippen LogP contribution in [-0.2, 0) is 4.84 Å². The van der Waals surface area contributed by atoms with Crippen molar-refractivity contribution in [1.29, 1.82) is 0 Å². The minimum atomic E-state index is -0.389. The van der Waals surface area contributed by atoms with Gasteiger partial charge in [-0.3, -0.25) is 9.63 Å². The number of nitrogens with zero attached hydrogens (tertiary/aromatic N) is 1.